The molecule has 1 aromatic carbocycles. The number of methoxy groups -OCH3 is 1. The summed E-state index contributed by atoms with van der Waals surface area (Å²) in [5.74, 6) is 2.49. The van der Waals surface area contributed by atoms with Gasteiger partial charge in [0.1, 0.15) is 5.75 Å². The largest absolute Gasteiger partial charge is 0.497 e. The number of nitrogens with one attached hydrogen (secondary N) is 1. The molecule has 0 spiro atoms. The van der Waals surface area contributed by atoms with Gasteiger partial charge in [0.25, 0.3) is 0 Å². The number of imidazole rings is 1. The Hall–Kier alpha value is -1.77. The fourth-order valence-corrected chi connectivity index (χ4v) is 3.42. The van der Waals surface area contributed by atoms with Crippen molar-refractivity contribution in [1.29, 1.82) is 0 Å². The Labute approximate surface area is 179 Å². The maximum Gasteiger partial charge on any atom is 0.194 e. The van der Waals surface area contributed by atoms with E-state index < -0.39 is 0 Å². The number of ether oxygens (including phenoxy) is 1. The van der Waals surface area contributed by atoms with Crippen molar-refractivity contribution >= 4 is 29.9 Å². The van der Waals surface area contributed by atoms with Gasteiger partial charge in [-0.1, -0.05) is 19.1 Å². The van der Waals surface area contributed by atoms with E-state index in [4.69, 9.17) is 9.73 Å². The van der Waals surface area contributed by atoms with Crippen molar-refractivity contribution in [3.63, 3.8) is 0 Å². The van der Waals surface area contributed by atoms with E-state index in [1.807, 2.05) is 24.7 Å². The van der Waals surface area contributed by atoms with Crippen molar-refractivity contribution in [2.75, 3.05) is 26.7 Å². The highest BCUT2D eigenvalue weighted by Crippen LogP contribution is 2.27. The fourth-order valence-electron chi connectivity index (χ4n) is 3.42. The second kappa shape index (κ2) is 10.5. The first-order valence-electron chi connectivity index (χ1n) is 9.35. The van der Waals surface area contributed by atoms with Gasteiger partial charge in [0.2, 0.25) is 0 Å². The molecule has 0 saturated carbocycles. The van der Waals surface area contributed by atoms with E-state index in [2.05, 4.69) is 51.9 Å². The molecule has 27 heavy (non-hydrogen) atoms. The number of guanidine groups is 1. The maximum atomic E-state index is 5.22. The fraction of sp³-hybridized carbons (Fsp3) is 0.500. The van der Waals surface area contributed by atoms with Crippen LogP contribution in [0.2, 0.25) is 0 Å². The molecule has 0 aliphatic carbocycles. The Morgan fingerprint density at radius 2 is 2.11 bits per heavy atom. The van der Waals surface area contributed by atoms with Crippen molar-refractivity contribution in [1.82, 2.24) is 19.8 Å². The SMILES string of the molecule is CCNC(=NCc1ccc(OC)cc1)N1CCC(C)C(n2ccnc2)C1.I. The van der Waals surface area contributed by atoms with Gasteiger partial charge in [-0.05, 0) is 37.0 Å². The maximum absolute atomic E-state index is 5.22. The van der Waals surface area contributed by atoms with Crippen LogP contribution < -0.4 is 10.1 Å². The number of hydrogen-bond acceptors (Lipinski definition) is 3. The van der Waals surface area contributed by atoms with Gasteiger partial charge in [-0.3, -0.25) is 0 Å². The summed E-state index contributed by atoms with van der Waals surface area (Å²) in [4.78, 5) is 11.5. The smallest absolute Gasteiger partial charge is 0.194 e. The summed E-state index contributed by atoms with van der Waals surface area (Å²) in [7, 11) is 1.68. The minimum Gasteiger partial charge on any atom is -0.497 e. The predicted octanol–water partition coefficient (Wildman–Crippen LogP) is 3.56. The number of rotatable bonds is 5. The highest BCUT2D eigenvalue weighted by atomic mass is 127. The van der Waals surface area contributed by atoms with Gasteiger partial charge in [-0.15, -0.1) is 24.0 Å². The molecule has 1 aromatic heterocycles. The number of hydrogen-bond donors (Lipinski definition) is 1. The molecule has 1 aliphatic rings. The van der Waals surface area contributed by atoms with E-state index in [-0.39, 0.29) is 24.0 Å². The minimum absolute atomic E-state index is 0. The zero-order valence-corrected chi connectivity index (χ0v) is 18.7. The molecular weight excluding hydrogens is 453 g/mol. The summed E-state index contributed by atoms with van der Waals surface area (Å²) in [6, 6.07) is 8.53. The quantitative estimate of drug-likeness (QED) is 0.402. The second-order valence-electron chi connectivity index (χ2n) is 6.81. The highest BCUT2D eigenvalue weighted by molar-refractivity contribution is 14.0. The molecule has 148 valence electrons. The van der Waals surface area contributed by atoms with Crippen molar-refractivity contribution in [3.05, 3.63) is 48.5 Å². The van der Waals surface area contributed by atoms with Crippen molar-refractivity contribution in [3.8, 4) is 5.75 Å². The first-order valence-corrected chi connectivity index (χ1v) is 9.35. The van der Waals surface area contributed by atoms with E-state index in [0.29, 0.717) is 18.5 Å². The Bertz CT molecular complexity index is 702. The van der Waals surface area contributed by atoms with Crippen LogP contribution in [0, 0.1) is 5.92 Å². The molecule has 2 unspecified atom stereocenters. The average molecular weight is 483 g/mol. The van der Waals surface area contributed by atoms with Gasteiger partial charge in [-0.25, -0.2) is 9.98 Å². The van der Waals surface area contributed by atoms with E-state index in [1.165, 1.54) is 5.56 Å². The lowest BCUT2D eigenvalue weighted by molar-refractivity contribution is 0.189. The summed E-state index contributed by atoms with van der Waals surface area (Å²) >= 11 is 0. The molecule has 2 atom stereocenters. The highest BCUT2D eigenvalue weighted by Gasteiger charge is 2.28. The van der Waals surface area contributed by atoms with Gasteiger partial charge < -0.3 is 19.5 Å². The molecule has 2 aromatic rings. The molecule has 1 fully saturated rings. The number of piperidine rings is 1. The first-order chi connectivity index (χ1) is 12.7. The van der Waals surface area contributed by atoms with Crippen LogP contribution in [-0.2, 0) is 6.54 Å². The third kappa shape index (κ3) is 5.60. The number of aliphatic imine (C=N–C) groups is 1. The Kier molecular flexibility index (Phi) is 8.40. The zero-order valence-electron chi connectivity index (χ0n) is 16.3. The summed E-state index contributed by atoms with van der Waals surface area (Å²) in [6.45, 7) is 7.94. The summed E-state index contributed by atoms with van der Waals surface area (Å²) in [5, 5.41) is 3.45. The molecule has 1 aliphatic heterocycles. The monoisotopic (exact) mass is 483 g/mol. The Balaban J connectivity index is 0.00000261. The van der Waals surface area contributed by atoms with Crippen LogP contribution in [0.4, 0.5) is 0 Å². The molecule has 1 N–H and O–H groups in total. The van der Waals surface area contributed by atoms with Gasteiger partial charge in [-0.2, -0.15) is 0 Å². The van der Waals surface area contributed by atoms with Crippen LogP contribution >= 0.6 is 24.0 Å². The average Bonchev–Trinajstić information content (AvgIpc) is 3.20. The van der Waals surface area contributed by atoms with Gasteiger partial charge in [0.05, 0.1) is 26.0 Å². The lowest BCUT2D eigenvalue weighted by Crippen LogP contribution is -2.49. The topological polar surface area (TPSA) is 54.7 Å². The van der Waals surface area contributed by atoms with Crippen LogP contribution in [0.1, 0.15) is 31.9 Å². The van der Waals surface area contributed by atoms with Crippen molar-refractivity contribution < 1.29 is 4.74 Å². The van der Waals surface area contributed by atoms with Crippen LogP contribution in [0.25, 0.3) is 0 Å². The van der Waals surface area contributed by atoms with Crippen molar-refractivity contribution in [2.24, 2.45) is 10.9 Å². The van der Waals surface area contributed by atoms with Crippen LogP contribution in [0.3, 0.4) is 0 Å². The van der Waals surface area contributed by atoms with Gasteiger partial charge >= 0.3 is 0 Å². The van der Waals surface area contributed by atoms with Gasteiger partial charge in [0, 0.05) is 32.0 Å². The molecular formula is C20H30IN5O. The minimum atomic E-state index is 0. The molecule has 2 heterocycles. The number of likely N-dealkylation sites (tertiary alicyclic amines) is 1. The summed E-state index contributed by atoms with van der Waals surface area (Å²) in [5.41, 5.74) is 1.18. The third-order valence-electron chi connectivity index (χ3n) is 5.03. The molecule has 3 rings (SSSR count). The van der Waals surface area contributed by atoms with E-state index >= 15 is 0 Å². The number of nitrogens with zero attached hydrogens (tertiary/aromatic N) is 4. The van der Waals surface area contributed by atoms with Crippen LogP contribution in [0.15, 0.2) is 48.0 Å². The molecule has 0 amide bonds. The van der Waals surface area contributed by atoms with E-state index in [9.17, 15) is 0 Å². The molecule has 1 saturated heterocycles. The lowest BCUT2D eigenvalue weighted by Gasteiger charge is -2.39. The van der Waals surface area contributed by atoms with Gasteiger partial charge in [0.15, 0.2) is 5.96 Å². The normalized spacial score (nSPS) is 20.1. The number of halogens is 1. The number of benzene rings is 1. The Morgan fingerprint density at radius 1 is 1.33 bits per heavy atom. The number of aromatic nitrogens is 2. The third-order valence-corrected chi connectivity index (χ3v) is 5.03. The standard InChI is InChI=1S/C20H29N5O.HI/c1-4-22-20(23-13-17-5-7-18(26-3)8-6-17)24-11-9-16(2)19(14-24)25-12-10-21-15-25;/h5-8,10,12,15-16,19H,4,9,11,13-14H2,1-3H3,(H,22,23);1H. The lowest BCUT2D eigenvalue weighted by atomic mass is 9.93. The zero-order chi connectivity index (χ0) is 18.4. The van der Waals surface area contributed by atoms with Crippen LogP contribution in [-0.4, -0.2) is 47.2 Å². The summed E-state index contributed by atoms with van der Waals surface area (Å²) in [6.07, 6.45) is 6.99. The van der Waals surface area contributed by atoms with Crippen LogP contribution in [0.5, 0.6) is 5.75 Å². The molecule has 6 nitrogen and oxygen atoms in total. The molecule has 7 heteroatoms. The van der Waals surface area contributed by atoms with E-state index in [0.717, 1.165) is 37.8 Å². The molecule has 0 radical (unpaired) electrons. The predicted molar refractivity (Wildman–Crippen MR) is 120 cm³/mol. The Morgan fingerprint density at radius 3 is 2.74 bits per heavy atom. The van der Waals surface area contributed by atoms with E-state index in [1.54, 1.807) is 7.11 Å². The van der Waals surface area contributed by atoms with Crippen molar-refractivity contribution in [2.45, 2.75) is 32.9 Å². The first kappa shape index (κ1) is 21.5. The molecule has 0 bridgehead atoms. The summed E-state index contributed by atoms with van der Waals surface area (Å²) < 4.78 is 7.45. The second-order valence-corrected chi connectivity index (χ2v) is 6.81.